The van der Waals surface area contributed by atoms with Gasteiger partial charge in [-0.3, -0.25) is 0 Å². The Morgan fingerprint density at radius 1 is 0.880 bits per heavy atom. The van der Waals surface area contributed by atoms with E-state index < -0.39 is 25.7 Å². The Bertz CT molecular complexity index is 631. The van der Waals surface area contributed by atoms with Crippen molar-refractivity contribution in [2.24, 2.45) is 5.92 Å². The van der Waals surface area contributed by atoms with Crippen molar-refractivity contribution in [3.05, 3.63) is 60.7 Å². The minimum absolute atomic E-state index is 0.213. The first-order valence-corrected chi connectivity index (χ1v) is 10.1. The van der Waals surface area contributed by atoms with Crippen LogP contribution in [0.25, 0.3) is 0 Å². The fraction of sp³-hybridized carbons (Fsp3) is 0.368. The van der Waals surface area contributed by atoms with Gasteiger partial charge in [0, 0.05) is 5.92 Å². The van der Waals surface area contributed by atoms with E-state index >= 15 is 0 Å². The normalized spacial score (nSPS) is 15.2. The predicted molar refractivity (Wildman–Crippen MR) is 98.1 cm³/mol. The van der Waals surface area contributed by atoms with Crippen LogP contribution in [0, 0.1) is 5.92 Å². The van der Waals surface area contributed by atoms with E-state index in [2.05, 4.69) is 0 Å². The van der Waals surface area contributed by atoms with Gasteiger partial charge < -0.3 is 19.3 Å². The van der Waals surface area contributed by atoms with E-state index in [-0.39, 0.29) is 6.16 Å². The van der Waals surface area contributed by atoms with Crippen LogP contribution in [0.3, 0.4) is 0 Å². The maximum Gasteiger partial charge on any atom is 0.433 e. The van der Waals surface area contributed by atoms with Crippen LogP contribution in [0.1, 0.15) is 20.3 Å². The van der Waals surface area contributed by atoms with Gasteiger partial charge in [0.05, 0.1) is 18.4 Å². The number of hydrogen-bond donors (Lipinski definition) is 2. The molecule has 3 unspecified atom stereocenters. The molecule has 136 valence electrons. The smallest absolute Gasteiger partial charge is 0.416 e. The zero-order valence-corrected chi connectivity index (χ0v) is 15.4. The fourth-order valence-electron chi connectivity index (χ4n) is 2.40. The van der Waals surface area contributed by atoms with E-state index in [0.717, 1.165) is 0 Å². The van der Waals surface area contributed by atoms with Gasteiger partial charge in [-0.15, -0.1) is 0 Å². The van der Waals surface area contributed by atoms with Crippen molar-refractivity contribution in [1.29, 1.82) is 0 Å². The van der Waals surface area contributed by atoms with Crippen molar-refractivity contribution >= 4 is 7.60 Å². The number of hydrogen-bond acceptors (Lipinski definition) is 5. The molecular formula is C19H25O5P. The summed E-state index contributed by atoms with van der Waals surface area (Å²) < 4.78 is 24.6. The molecule has 25 heavy (non-hydrogen) atoms. The lowest BCUT2D eigenvalue weighted by atomic mass is 9.97. The molecule has 6 heteroatoms. The van der Waals surface area contributed by atoms with Gasteiger partial charge >= 0.3 is 7.60 Å². The molecule has 2 aromatic carbocycles. The average molecular weight is 364 g/mol. The van der Waals surface area contributed by atoms with Gasteiger partial charge in [-0.2, -0.15) is 0 Å². The van der Waals surface area contributed by atoms with Crippen LogP contribution in [0.5, 0.6) is 11.5 Å². The molecule has 0 aromatic heterocycles. The number of aliphatic hydroxyl groups excluding tert-OH is 2. The number of aliphatic hydroxyl groups is 2. The Hall–Kier alpha value is -1.81. The van der Waals surface area contributed by atoms with Crippen LogP contribution in [-0.4, -0.2) is 28.6 Å². The molecule has 0 fully saturated rings. The average Bonchev–Trinajstić information content (AvgIpc) is 2.61. The Labute approximate surface area is 148 Å². The van der Waals surface area contributed by atoms with Crippen LogP contribution < -0.4 is 9.05 Å². The molecule has 0 bridgehead atoms. The van der Waals surface area contributed by atoms with Crippen LogP contribution in [-0.2, 0) is 4.57 Å². The molecule has 2 N–H and O–H groups in total. The van der Waals surface area contributed by atoms with E-state index in [0.29, 0.717) is 17.9 Å². The van der Waals surface area contributed by atoms with Crippen LogP contribution in [0.4, 0.5) is 0 Å². The zero-order valence-electron chi connectivity index (χ0n) is 14.5. The first-order valence-electron chi connectivity index (χ1n) is 8.38. The van der Waals surface area contributed by atoms with Crippen molar-refractivity contribution in [2.75, 3.05) is 6.16 Å². The van der Waals surface area contributed by atoms with Gasteiger partial charge in [-0.1, -0.05) is 50.2 Å². The van der Waals surface area contributed by atoms with Crippen molar-refractivity contribution in [2.45, 2.75) is 32.5 Å². The Morgan fingerprint density at radius 3 is 1.72 bits per heavy atom. The zero-order chi connectivity index (χ0) is 18.3. The molecule has 0 saturated heterocycles. The van der Waals surface area contributed by atoms with Gasteiger partial charge in [0.1, 0.15) is 11.5 Å². The van der Waals surface area contributed by atoms with Crippen molar-refractivity contribution in [3.63, 3.8) is 0 Å². The molecule has 0 spiro atoms. The van der Waals surface area contributed by atoms with Gasteiger partial charge in [0.15, 0.2) is 0 Å². The standard InChI is InChI=1S/C19H25O5P/c1-3-18(20)15(2)19(21)14-25(22,23-16-10-6-4-7-11-16)24-17-12-8-5-9-13-17/h4-13,15,18-21H,3,14H2,1-2H3. The molecule has 2 aromatic rings. The van der Waals surface area contributed by atoms with Gasteiger partial charge in [-0.05, 0) is 30.7 Å². The largest absolute Gasteiger partial charge is 0.433 e. The topological polar surface area (TPSA) is 76.0 Å². The third-order valence-corrected chi connectivity index (χ3v) is 5.82. The van der Waals surface area contributed by atoms with Gasteiger partial charge in [-0.25, -0.2) is 4.57 Å². The quantitative estimate of drug-likeness (QED) is 0.655. The molecule has 0 aliphatic heterocycles. The predicted octanol–water partition coefficient (Wildman–Crippen LogP) is 4.11. The third kappa shape index (κ3) is 5.89. The number of para-hydroxylation sites is 2. The highest BCUT2D eigenvalue weighted by atomic mass is 31.2. The Kier molecular flexibility index (Phi) is 7.06. The third-order valence-electron chi connectivity index (χ3n) is 4.02. The summed E-state index contributed by atoms with van der Waals surface area (Å²) in [5, 5.41) is 20.4. The maximum atomic E-state index is 13.3. The van der Waals surface area contributed by atoms with Crippen LogP contribution in [0.2, 0.25) is 0 Å². The SMILES string of the molecule is CCC(O)C(C)C(O)CP(=O)(Oc1ccccc1)Oc1ccccc1. The first kappa shape index (κ1) is 19.5. The summed E-state index contributed by atoms with van der Waals surface area (Å²) in [6.07, 6.45) is -1.42. The summed E-state index contributed by atoms with van der Waals surface area (Å²) in [6, 6.07) is 17.4. The van der Waals surface area contributed by atoms with E-state index in [9.17, 15) is 14.8 Å². The molecule has 0 saturated carbocycles. The monoisotopic (exact) mass is 364 g/mol. The Morgan fingerprint density at radius 2 is 1.32 bits per heavy atom. The second kappa shape index (κ2) is 9.04. The highest BCUT2D eigenvalue weighted by Crippen LogP contribution is 2.49. The minimum Gasteiger partial charge on any atom is -0.416 e. The minimum atomic E-state index is -3.68. The summed E-state index contributed by atoms with van der Waals surface area (Å²) in [4.78, 5) is 0. The second-order valence-corrected chi connectivity index (χ2v) is 7.96. The van der Waals surface area contributed by atoms with Crippen molar-refractivity contribution in [1.82, 2.24) is 0 Å². The highest BCUT2D eigenvalue weighted by molar-refractivity contribution is 7.54. The Balaban J connectivity index is 2.20. The second-order valence-electron chi connectivity index (χ2n) is 6.00. The van der Waals surface area contributed by atoms with Crippen molar-refractivity contribution < 1.29 is 23.8 Å². The van der Waals surface area contributed by atoms with Crippen LogP contribution >= 0.6 is 7.60 Å². The summed E-state index contributed by atoms with van der Waals surface area (Å²) in [6.45, 7) is 3.54. The molecule has 0 amide bonds. The van der Waals surface area contributed by atoms with E-state index in [1.54, 1.807) is 55.5 Å². The molecule has 0 aliphatic rings. The maximum absolute atomic E-state index is 13.3. The van der Waals surface area contributed by atoms with Gasteiger partial charge in [0.25, 0.3) is 0 Å². The molecule has 3 atom stereocenters. The summed E-state index contributed by atoms with van der Waals surface area (Å²) in [5.74, 6) is 0.354. The van der Waals surface area contributed by atoms with E-state index in [4.69, 9.17) is 9.05 Å². The van der Waals surface area contributed by atoms with Gasteiger partial charge in [0.2, 0.25) is 0 Å². The molecular weight excluding hydrogens is 339 g/mol. The number of benzene rings is 2. The lowest BCUT2D eigenvalue weighted by Gasteiger charge is -2.27. The summed E-state index contributed by atoms with van der Waals surface area (Å²) >= 11 is 0. The molecule has 2 rings (SSSR count). The molecule has 0 radical (unpaired) electrons. The molecule has 0 aliphatic carbocycles. The lowest BCUT2D eigenvalue weighted by molar-refractivity contribution is 0.0296. The first-order chi connectivity index (χ1) is 11.9. The molecule has 5 nitrogen and oxygen atoms in total. The summed E-state index contributed by atoms with van der Waals surface area (Å²) in [7, 11) is -3.68. The van der Waals surface area contributed by atoms with E-state index in [1.807, 2.05) is 19.1 Å². The highest BCUT2D eigenvalue weighted by Gasteiger charge is 2.35. The molecule has 0 heterocycles. The summed E-state index contributed by atoms with van der Waals surface area (Å²) in [5.41, 5.74) is 0. The van der Waals surface area contributed by atoms with Crippen molar-refractivity contribution in [3.8, 4) is 11.5 Å². The lowest BCUT2D eigenvalue weighted by Crippen LogP contribution is -2.32. The van der Waals surface area contributed by atoms with E-state index in [1.165, 1.54) is 0 Å². The number of rotatable bonds is 9. The van der Waals surface area contributed by atoms with Crippen LogP contribution in [0.15, 0.2) is 60.7 Å². The fourth-order valence-corrected chi connectivity index (χ4v) is 4.26.